The molecule has 0 atom stereocenters. The zero-order valence-electron chi connectivity index (χ0n) is 14.8. The molecular weight excluding hydrogens is 543 g/mol. The van der Waals surface area contributed by atoms with Crippen molar-refractivity contribution in [2.45, 2.75) is 6.17 Å². The third-order valence-electron chi connectivity index (χ3n) is 4.04. The van der Waals surface area contributed by atoms with Gasteiger partial charge in [-0.3, -0.25) is 9.59 Å². The molecule has 2 N–H and O–H groups in total. The van der Waals surface area contributed by atoms with Gasteiger partial charge in [0.25, 0.3) is 11.8 Å². The lowest BCUT2D eigenvalue weighted by Crippen LogP contribution is -2.41. The predicted octanol–water partition coefficient (Wildman–Crippen LogP) is 6.38. The Morgan fingerprint density at radius 1 is 0.690 bits per heavy atom. The number of hydrogen-bond donors (Lipinski definition) is 2. The fraction of sp³-hybridized carbons (Fsp3) is 0.0476. The molecule has 0 spiro atoms. The van der Waals surface area contributed by atoms with Gasteiger partial charge in [0.05, 0.1) is 10.0 Å². The standard InChI is InChI=1S/C21H14Br2Cl2N2O2/c22-15-6-1-12(2-7-15)20(28)26-19(14-5-10-17(24)18(25)11-14)27-21(29)13-3-8-16(23)9-4-13/h1-11,19H,(H,26,28)(H,27,29). The van der Waals surface area contributed by atoms with Crippen LogP contribution in [0.15, 0.2) is 75.7 Å². The third kappa shape index (κ3) is 5.82. The normalized spacial score (nSPS) is 10.7. The molecule has 0 heterocycles. The van der Waals surface area contributed by atoms with Crippen molar-refractivity contribution in [2.75, 3.05) is 0 Å². The van der Waals surface area contributed by atoms with Gasteiger partial charge in [-0.15, -0.1) is 0 Å². The van der Waals surface area contributed by atoms with E-state index in [0.29, 0.717) is 26.7 Å². The Labute approximate surface area is 194 Å². The van der Waals surface area contributed by atoms with Gasteiger partial charge in [-0.1, -0.05) is 61.1 Å². The number of carbonyl (C=O) groups excluding carboxylic acids is 2. The summed E-state index contributed by atoms with van der Waals surface area (Å²) in [7, 11) is 0. The van der Waals surface area contributed by atoms with Crippen molar-refractivity contribution < 1.29 is 9.59 Å². The SMILES string of the molecule is O=C(NC(NC(=O)c1ccc(Br)cc1)c1ccc(Cl)c(Cl)c1)c1ccc(Br)cc1. The van der Waals surface area contributed by atoms with Crippen molar-refractivity contribution in [2.24, 2.45) is 0 Å². The van der Waals surface area contributed by atoms with Gasteiger partial charge in [-0.25, -0.2) is 0 Å². The average molecular weight is 557 g/mol. The molecule has 4 nitrogen and oxygen atoms in total. The van der Waals surface area contributed by atoms with Gasteiger partial charge < -0.3 is 10.6 Å². The van der Waals surface area contributed by atoms with E-state index in [1.807, 2.05) is 0 Å². The van der Waals surface area contributed by atoms with Gasteiger partial charge in [0.15, 0.2) is 0 Å². The highest BCUT2D eigenvalue weighted by molar-refractivity contribution is 9.10. The molecule has 0 aliphatic heterocycles. The zero-order valence-corrected chi connectivity index (χ0v) is 19.4. The minimum absolute atomic E-state index is 0.324. The molecule has 0 unspecified atom stereocenters. The summed E-state index contributed by atoms with van der Waals surface area (Å²) in [4.78, 5) is 25.4. The van der Waals surface area contributed by atoms with Crippen molar-refractivity contribution in [1.82, 2.24) is 10.6 Å². The first kappa shape index (κ1) is 21.8. The Morgan fingerprint density at radius 3 is 1.55 bits per heavy atom. The number of nitrogens with one attached hydrogen (secondary N) is 2. The molecule has 0 saturated carbocycles. The largest absolute Gasteiger partial charge is 0.328 e. The van der Waals surface area contributed by atoms with Crippen molar-refractivity contribution >= 4 is 66.9 Å². The lowest BCUT2D eigenvalue weighted by molar-refractivity contribution is 0.0883. The molecule has 2 amide bonds. The van der Waals surface area contributed by atoms with E-state index < -0.39 is 6.17 Å². The topological polar surface area (TPSA) is 58.2 Å². The van der Waals surface area contributed by atoms with Crippen LogP contribution in [0.4, 0.5) is 0 Å². The number of hydrogen-bond acceptors (Lipinski definition) is 2. The van der Waals surface area contributed by atoms with Crippen LogP contribution in [0.25, 0.3) is 0 Å². The number of carbonyl (C=O) groups is 2. The van der Waals surface area contributed by atoms with Crippen LogP contribution in [0.3, 0.4) is 0 Å². The summed E-state index contributed by atoms with van der Waals surface area (Å²) in [6, 6.07) is 18.7. The van der Waals surface area contributed by atoms with Gasteiger partial charge in [0, 0.05) is 20.1 Å². The first-order valence-electron chi connectivity index (χ1n) is 8.41. The Bertz CT molecular complexity index is 982. The summed E-state index contributed by atoms with van der Waals surface area (Å²) in [5, 5.41) is 6.37. The smallest absolute Gasteiger partial charge is 0.253 e. The third-order valence-corrected chi connectivity index (χ3v) is 5.84. The van der Waals surface area contributed by atoms with E-state index in [1.165, 1.54) is 0 Å². The van der Waals surface area contributed by atoms with Crippen molar-refractivity contribution in [3.05, 3.63) is 102 Å². The van der Waals surface area contributed by atoms with Crippen LogP contribution in [-0.2, 0) is 0 Å². The Hall–Kier alpha value is -1.86. The van der Waals surface area contributed by atoms with E-state index in [-0.39, 0.29) is 11.8 Å². The van der Waals surface area contributed by atoms with Gasteiger partial charge in [0.2, 0.25) is 0 Å². The van der Waals surface area contributed by atoms with E-state index >= 15 is 0 Å². The molecule has 0 radical (unpaired) electrons. The Kier molecular flexibility index (Phi) is 7.35. The first-order chi connectivity index (χ1) is 13.8. The summed E-state index contributed by atoms with van der Waals surface area (Å²) in [6.45, 7) is 0. The molecule has 0 aromatic heterocycles. The van der Waals surface area contributed by atoms with Crippen LogP contribution in [-0.4, -0.2) is 11.8 Å². The van der Waals surface area contributed by atoms with E-state index in [4.69, 9.17) is 23.2 Å². The zero-order chi connectivity index (χ0) is 21.0. The fourth-order valence-electron chi connectivity index (χ4n) is 2.53. The summed E-state index contributed by atoms with van der Waals surface area (Å²) >= 11 is 18.8. The molecule has 29 heavy (non-hydrogen) atoms. The monoisotopic (exact) mass is 554 g/mol. The summed E-state index contributed by atoms with van der Waals surface area (Å²) in [5.74, 6) is -0.686. The fourth-order valence-corrected chi connectivity index (χ4v) is 3.36. The summed E-state index contributed by atoms with van der Waals surface area (Å²) < 4.78 is 1.72. The maximum atomic E-state index is 12.7. The van der Waals surface area contributed by atoms with Gasteiger partial charge in [-0.2, -0.15) is 0 Å². The second kappa shape index (κ2) is 9.76. The van der Waals surface area contributed by atoms with Crippen LogP contribution >= 0.6 is 55.1 Å². The number of amides is 2. The second-order valence-corrected chi connectivity index (χ2v) is 8.71. The van der Waals surface area contributed by atoms with Crippen molar-refractivity contribution in [3.8, 4) is 0 Å². The molecule has 3 aromatic rings. The van der Waals surface area contributed by atoms with E-state index in [0.717, 1.165) is 8.95 Å². The maximum Gasteiger partial charge on any atom is 0.253 e. The lowest BCUT2D eigenvalue weighted by atomic mass is 10.1. The number of rotatable bonds is 5. The predicted molar refractivity (Wildman–Crippen MR) is 122 cm³/mol. The summed E-state index contributed by atoms with van der Waals surface area (Å²) in [5.41, 5.74) is 1.50. The molecule has 0 fully saturated rings. The maximum absolute atomic E-state index is 12.7. The molecule has 3 rings (SSSR count). The molecular formula is C21H14Br2Cl2N2O2. The average Bonchev–Trinajstić information content (AvgIpc) is 2.70. The molecule has 0 aliphatic carbocycles. The molecule has 3 aromatic carbocycles. The highest BCUT2D eigenvalue weighted by atomic mass is 79.9. The second-order valence-electron chi connectivity index (χ2n) is 6.07. The van der Waals surface area contributed by atoms with E-state index in [9.17, 15) is 9.59 Å². The minimum atomic E-state index is -0.808. The summed E-state index contributed by atoms with van der Waals surface area (Å²) in [6.07, 6.45) is -0.808. The van der Waals surface area contributed by atoms with Gasteiger partial charge in [-0.05, 0) is 66.2 Å². The quantitative estimate of drug-likeness (QED) is 0.358. The first-order valence-corrected chi connectivity index (χ1v) is 10.8. The van der Waals surface area contributed by atoms with Crippen LogP contribution in [0, 0.1) is 0 Å². The molecule has 0 saturated heterocycles. The molecule has 8 heteroatoms. The molecule has 0 bridgehead atoms. The van der Waals surface area contributed by atoms with Crippen molar-refractivity contribution in [1.29, 1.82) is 0 Å². The number of halogens is 4. The van der Waals surface area contributed by atoms with Gasteiger partial charge >= 0.3 is 0 Å². The molecule has 148 valence electrons. The van der Waals surface area contributed by atoms with Crippen molar-refractivity contribution in [3.63, 3.8) is 0 Å². The van der Waals surface area contributed by atoms with E-state index in [2.05, 4.69) is 42.5 Å². The number of benzene rings is 3. The molecule has 0 aliphatic rings. The lowest BCUT2D eigenvalue weighted by Gasteiger charge is -2.21. The highest BCUT2D eigenvalue weighted by Crippen LogP contribution is 2.25. The minimum Gasteiger partial charge on any atom is -0.328 e. The highest BCUT2D eigenvalue weighted by Gasteiger charge is 2.20. The van der Waals surface area contributed by atoms with Crippen LogP contribution in [0.1, 0.15) is 32.4 Å². The van der Waals surface area contributed by atoms with Crippen LogP contribution < -0.4 is 10.6 Å². The Balaban J connectivity index is 1.87. The van der Waals surface area contributed by atoms with Gasteiger partial charge in [0.1, 0.15) is 6.17 Å². The van der Waals surface area contributed by atoms with E-state index in [1.54, 1.807) is 66.7 Å². The van der Waals surface area contributed by atoms with Crippen LogP contribution in [0.5, 0.6) is 0 Å². The van der Waals surface area contributed by atoms with Crippen LogP contribution in [0.2, 0.25) is 10.0 Å². The Morgan fingerprint density at radius 2 is 1.14 bits per heavy atom.